The Balaban J connectivity index is -0.000000140. The maximum Gasteiger partial charge on any atom is 2.00 e. The van der Waals surface area contributed by atoms with E-state index in [0.717, 1.165) is 0 Å². The summed E-state index contributed by atoms with van der Waals surface area (Å²) in [5, 5.41) is 37.5. The van der Waals surface area contributed by atoms with Crippen LogP contribution in [0.5, 0.6) is 0 Å². The second-order valence-corrected chi connectivity index (χ2v) is 7.32. The Morgan fingerprint density at radius 1 is 0.278 bits per heavy atom. The summed E-state index contributed by atoms with van der Waals surface area (Å²) in [5.41, 5.74) is 0. The molecule has 12 nitrogen and oxygen atoms in total. The van der Waals surface area contributed by atoms with E-state index >= 15 is 0 Å². The van der Waals surface area contributed by atoms with Gasteiger partial charge in [0.25, 0.3) is 24.6 Å². The molecule has 0 atom stereocenters. The summed E-state index contributed by atoms with van der Waals surface area (Å²) in [6, 6.07) is 0. The van der Waals surface area contributed by atoms with Crippen molar-refractivity contribution >= 4 is 70.7 Å². The number of hydrogen-bond acceptors (Lipinski definition) is 12. The number of ether oxygens (including phenoxy) is 4. The summed E-state index contributed by atoms with van der Waals surface area (Å²) in [5.74, 6) is 0. The van der Waals surface area contributed by atoms with Crippen LogP contribution in [0.3, 0.4) is 0 Å². The minimum Gasteiger partial charge on any atom is -0.528 e. The number of carbonyl (C=O) groups is 4. The molecular formula is C16H4F24Mg2O12. The molecule has 0 aliphatic heterocycles. The number of carbonyl (C=O) groups excluding carboxylic acids is 4. The smallest absolute Gasteiger partial charge is 0.528 e. The molecule has 0 aromatic heterocycles. The molecule has 0 aliphatic carbocycles. The van der Waals surface area contributed by atoms with E-state index in [0.29, 0.717) is 0 Å². The maximum atomic E-state index is 11.4. The molecule has 0 amide bonds. The van der Waals surface area contributed by atoms with Crippen LogP contribution in [0.4, 0.5) is 125 Å². The Bertz CT molecular complexity index is 904. The molecule has 38 heteroatoms. The van der Waals surface area contributed by atoms with Crippen LogP contribution in [-0.2, 0) is 18.9 Å². The molecule has 0 radical (unpaired) electrons. The van der Waals surface area contributed by atoms with Gasteiger partial charge in [0.1, 0.15) is 0 Å². The minimum atomic E-state index is -5.84. The molecule has 0 N–H and O–H groups in total. The first kappa shape index (κ1) is 62.9. The number of rotatable bonds is 4. The molecule has 0 unspecified atom stereocenters. The van der Waals surface area contributed by atoms with E-state index in [9.17, 15) is 145 Å². The average Bonchev–Trinajstić information content (AvgIpc) is 2.78. The molecule has 0 spiro atoms. The van der Waals surface area contributed by atoms with Crippen LogP contribution in [0, 0.1) is 0 Å². The molecule has 0 aliphatic rings. The van der Waals surface area contributed by atoms with Crippen molar-refractivity contribution in [2.24, 2.45) is 0 Å². The van der Waals surface area contributed by atoms with E-state index in [4.69, 9.17) is 0 Å². The third-order valence-electron chi connectivity index (χ3n) is 3.23. The fourth-order valence-electron chi connectivity index (χ4n) is 1.66. The van der Waals surface area contributed by atoms with Crippen LogP contribution in [-0.4, -0.2) is 145 Å². The summed E-state index contributed by atoms with van der Waals surface area (Å²) >= 11 is 0. The van der Waals surface area contributed by atoms with E-state index in [1.807, 2.05) is 0 Å². The van der Waals surface area contributed by atoms with Gasteiger partial charge in [0.15, 0.2) is 0 Å². The van der Waals surface area contributed by atoms with Crippen molar-refractivity contribution < 1.29 is 164 Å². The second-order valence-electron chi connectivity index (χ2n) is 7.32. The maximum absolute atomic E-state index is 11.4. The first-order valence-corrected chi connectivity index (χ1v) is 10.2. The van der Waals surface area contributed by atoms with Gasteiger partial charge in [-0.3, -0.25) is 0 Å². The summed E-state index contributed by atoms with van der Waals surface area (Å²) in [4.78, 5) is 37.5. The third kappa shape index (κ3) is 30.3. The number of alkyl halides is 24. The van der Waals surface area contributed by atoms with Crippen molar-refractivity contribution in [1.82, 2.24) is 0 Å². The fraction of sp³-hybridized carbons (Fsp3) is 0.750. The van der Waals surface area contributed by atoms with Crippen molar-refractivity contribution in [2.75, 3.05) is 0 Å². The Kier molecular flexibility index (Phi) is 26.2. The summed E-state index contributed by atoms with van der Waals surface area (Å²) in [6.07, 6.45) is -75.7. The Labute approximate surface area is 308 Å². The topological polar surface area (TPSA) is 197 Å². The zero-order chi connectivity index (χ0) is 43.4. The van der Waals surface area contributed by atoms with Crippen LogP contribution in [0.1, 0.15) is 0 Å². The third-order valence-corrected chi connectivity index (χ3v) is 3.23. The van der Waals surface area contributed by atoms with Crippen molar-refractivity contribution in [2.45, 2.75) is 73.8 Å². The standard InChI is InChI=1S/4C4H2F6O3.2Mg/c4*5-3(6,7)1(4(8,9)10)13-2(11)12;;/h4*1H,(H,11,12);;/q;;;;2*+2/p-4. The van der Waals surface area contributed by atoms with Gasteiger partial charge in [0.05, 0.1) is 0 Å². The largest absolute Gasteiger partial charge is 2.00 e. The molecule has 0 saturated heterocycles. The van der Waals surface area contributed by atoms with Crippen molar-refractivity contribution in [3.05, 3.63) is 0 Å². The average molecular weight is 893 g/mol. The molecule has 54 heavy (non-hydrogen) atoms. The molecule has 0 saturated carbocycles. The Hall–Kier alpha value is -3.07. The van der Waals surface area contributed by atoms with Gasteiger partial charge in [0, 0.05) is 0 Å². The van der Waals surface area contributed by atoms with E-state index < -0.39 is 98.4 Å². The molecule has 0 aromatic rings. The molecule has 0 fully saturated rings. The molecule has 0 heterocycles. The van der Waals surface area contributed by atoms with E-state index in [1.165, 1.54) is 0 Å². The van der Waals surface area contributed by atoms with Gasteiger partial charge >= 0.3 is 95.5 Å². The van der Waals surface area contributed by atoms with Gasteiger partial charge in [-0.1, -0.05) is 0 Å². The number of hydrogen-bond donors (Lipinski definition) is 0. The fourth-order valence-corrected chi connectivity index (χ4v) is 1.66. The van der Waals surface area contributed by atoms with Gasteiger partial charge < -0.3 is 58.6 Å². The van der Waals surface area contributed by atoms with E-state index in [-0.39, 0.29) is 46.1 Å². The second kappa shape index (κ2) is 22.5. The molecule has 0 aromatic carbocycles. The quantitative estimate of drug-likeness (QED) is 0.174. The van der Waals surface area contributed by atoms with Gasteiger partial charge in [-0.2, -0.15) is 105 Å². The van der Waals surface area contributed by atoms with E-state index in [1.54, 1.807) is 0 Å². The normalized spacial score (nSPS) is 12.7. The Morgan fingerprint density at radius 3 is 0.370 bits per heavy atom. The van der Waals surface area contributed by atoms with E-state index in [2.05, 4.69) is 18.9 Å². The summed E-state index contributed by atoms with van der Waals surface area (Å²) in [6.45, 7) is 0. The molecule has 0 bridgehead atoms. The van der Waals surface area contributed by atoms with Gasteiger partial charge in [-0.25, -0.2) is 0 Å². The SMILES string of the molecule is O=C([O-])OC(C(F)(F)F)C(F)(F)F.O=C([O-])OC(C(F)(F)F)C(F)(F)F.O=C([O-])OC(C(F)(F)F)C(F)(F)F.O=C([O-])OC(C(F)(F)F)C(F)(F)F.[Mg+2].[Mg+2]. The van der Waals surface area contributed by atoms with Gasteiger partial charge in [-0.15, -0.1) is 0 Å². The van der Waals surface area contributed by atoms with Crippen molar-refractivity contribution in [3.63, 3.8) is 0 Å². The molecular weight excluding hydrogens is 889 g/mol. The van der Waals surface area contributed by atoms with Gasteiger partial charge in [0.2, 0.25) is 24.4 Å². The van der Waals surface area contributed by atoms with Crippen LogP contribution in [0.25, 0.3) is 0 Å². The number of halogens is 24. The zero-order valence-corrected chi connectivity index (χ0v) is 26.5. The summed E-state index contributed by atoms with van der Waals surface area (Å²) < 4.78 is 285. The van der Waals surface area contributed by atoms with Gasteiger partial charge in [-0.05, 0) is 0 Å². The monoisotopic (exact) mass is 892 g/mol. The van der Waals surface area contributed by atoms with Crippen molar-refractivity contribution in [1.29, 1.82) is 0 Å². The van der Waals surface area contributed by atoms with Crippen LogP contribution in [0.2, 0.25) is 0 Å². The minimum absolute atomic E-state index is 0. The van der Waals surface area contributed by atoms with Crippen LogP contribution in [0.15, 0.2) is 0 Å². The molecule has 0 rings (SSSR count). The van der Waals surface area contributed by atoms with Crippen LogP contribution < -0.4 is 20.4 Å². The first-order chi connectivity index (χ1) is 22.2. The first-order valence-electron chi connectivity index (χ1n) is 10.2. The summed E-state index contributed by atoms with van der Waals surface area (Å²) in [7, 11) is 0. The zero-order valence-electron chi connectivity index (χ0n) is 23.7. The predicted octanol–water partition coefficient (Wildman–Crippen LogP) is 2.60. The van der Waals surface area contributed by atoms with Crippen molar-refractivity contribution in [3.8, 4) is 0 Å². The number of carboxylic acid groups (broad SMARTS) is 4. The predicted molar refractivity (Wildman–Crippen MR) is 101 cm³/mol. The Morgan fingerprint density at radius 2 is 0.352 bits per heavy atom. The molecule has 312 valence electrons. The van der Waals surface area contributed by atoms with Crippen LogP contribution >= 0.6 is 0 Å².